The lowest BCUT2D eigenvalue weighted by atomic mass is 9.91. The molecule has 10 nitrogen and oxygen atoms in total. The molecule has 198 valence electrons. The molecule has 0 unspecified atom stereocenters. The van der Waals surface area contributed by atoms with Gasteiger partial charge in [0, 0.05) is 55.2 Å². The molecule has 0 atom stereocenters. The second-order valence-corrected chi connectivity index (χ2v) is 14.1. The lowest BCUT2D eigenvalue weighted by Gasteiger charge is -2.31. The van der Waals surface area contributed by atoms with Crippen molar-refractivity contribution in [1.82, 2.24) is 18.7 Å². The number of nitrogens with one attached hydrogen (secondary N) is 1. The van der Waals surface area contributed by atoms with Gasteiger partial charge in [-0.2, -0.15) is 0 Å². The maximum absolute atomic E-state index is 14.6. The molecule has 4 heterocycles. The predicted octanol–water partition coefficient (Wildman–Crippen LogP) is 2.49. The molecule has 2 aromatic heterocycles. The third-order valence-corrected chi connectivity index (χ3v) is 10.9. The number of rotatable bonds is 7. The van der Waals surface area contributed by atoms with E-state index in [0.717, 1.165) is 24.7 Å². The average Bonchev–Trinajstić information content (AvgIpc) is 3.45. The van der Waals surface area contributed by atoms with Crippen LogP contribution < -0.4 is 10.1 Å². The van der Waals surface area contributed by atoms with Crippen molar-refractivity contribution >= 4 is 31.3 Å². The quantitative estimate of drug-likeness (QED) is 0.477. The van der Waals surface area contributed by atoms with Crippen molar-refractivity contribution < 1.29 is 26.0 Å². The Morgan fingerprint density at radius 2 is 1.86 bits per heavy atom. The van der Waals surface area contributed by atoms with Crippen molar-refractivity contribution in [2.24, 2.45) is 0 Å². The van der Waals surface area contributed by atoms with Gasteiger partial charge >= 0.3 is 0 Å². The molecule has 0 bridgehead atoms. The maximum Gasteiger partial charge on any atom is 0.216 e. The van der Waals surface area contributed by atoms with Gasteiger partial charge in [-0.1, -0.05) is 0 Å². The maximum atomic E-state index is 14.6. The van der Waals surface area contributed by atoms with Crippen LogP contribution in [0.5, 0.6) is 5.75 Å². The summed E-state index contributed by atoms with van der Waals surface area (Å²) >= 11 is 0. The summed E-state index contributed by atoms with van der Waals surface area (Å²) in [6.07, 6.45) is 7.34. The Morgan fingerprint density at radius 1 is 1.11 bits per heavy atom. The lowest BCUT2D eigenvalue weighted by molar-refractivity contribution is 0.319. The Labute approximate surface area is 214 Å². The summed E-state index contributed by atoms with van der Waals surface area (Å²) in [5.41, 5.74) is 2.44. The van der Waals surface area contributed by atoms with Crippen molar-refractivity contribution in [2.45, 2.75) is 54.8 Å². The summed E-state index contributed by atoms with van der Waals surface area (Å²) in [5, 5.41) is 2.84. The zero-order valence-corrected chi connectivity index (χ0v) is 22.0. The van der Waals surface area contributed by atoms with Crippen molar-refractivity contribution in [3.8, 4) is 5.75 Å². The number of hydrogen-bond acceptors (Lipinski definition) is 8. The van der Waals surface area contributed by atoms with E-state index in [0.29, 0.717) is 67.3 Å². The van der Waals surface area contributed by atoms with E-state index in [9.17, 15) is 21.2 Å². The van der Waals surface area contributed by atoms with Crippen molar-refractivity contribution in [3.63, 3.8) is 0 Å². The number of halogens is 1. The number of imidazole rings is 1. The average molecular weight is 550 g/mol. The number of nitrogens with zero attached hydrogens (tertiary/aromatic N) is 4. The van der Waals surface area contributed by atoms with Crippen LogP contribution in [0.15, 0.2) is 29.7 Å². The third-order valence-electron chi connectivity index (χ3n) is 7.48. The summed E-state index contributed by atoms with van der Waals surface area (Å²) in [7, 11) is -6.90. The Hall–Kier alpha value is -2.77. The third kappa shape index (κ3) is 4.36. The number of anilines is 1. The van der Waals surface area contributed by atoms with E-state index < -0.39 is 19.9 Å². The normalized spacial score (nSPS) is 19.2. The zero-order chi connectivity index (χ0) is 25.9. The fourth-order valence-corrected chi connectivity index (χ4v) is 8.06. The molecule has 1 aliphatic carbocycles. The van der Waals surface area contributed by atoms with Crippen molar-refractivity contribution in [2.75, 3.05) is 31.3 Å². The number of sulfonamides is 1. The molecule has 1 N–H and O–H groups in total. The number of ether oxygens (including phenoxy) is 1. The predicted molar refractivity (Wildman–Crippen MR) is 135 cm³/mol. The van der Waals surface area contributed by atoms with Crippen LogP contribution in [-0.4, -0.2) is 66.7 Å². The Kier molecular flexibility index (Phi) is 5.92. The molecular weight excluding hydrogens is 521 g/mol. The topological polar surface area (TPSA) is 123 Å². The van der Waals surface area contributed by atoms with Gasteiger partial charge in [-0.3, -0.25) is 4.40 Å². The largest absolute Gasteiger partial charge is 0.493 e. The molecule has 0 radical (unpaired) electrons. The minimum Gasteiger partial charge on any atom is -0.493 e. The van der Waals surface area contributed by atoms with E-state index >= 15 is 0 Å². The van der Waals surface area contributed by atoms with Crippen molar-refractivity contribution in [3.05, 3.63) is 47.2 Å². The zero-order valence-electron chi connectivity index (χ0n) is 20.4. The van der Waals surface area contributed by atoms with Crippen LogP contribution in [0.3, 0.4) is 0 Å². The van der Waals surface area contributed by atoms with Gasteiger partial charge in [0.15, 0.2) is 14.9 Å². The number of hydrogen-bond donors (Lipinski definition) is 1. The van der Waals surface area contributed by atoms with Crippen LogP contribution in [0.4, 0.5) is 10.3 Å². The summed E-state index contributed by atoms with van der Waals surface area (Å²) < 4.78 is 73.9. The number of sulfone groups is 1. The SMILES string of the molecule is CS(=O)(=O)c1ncn2c(NCc3c(F)ccc4c3CCO4)ncc(C3CCN(S(=O)(=O)C4CC4)CC3)c12. The molecule has 13 heteroatoms. The first kappa shape index (κ1) is 24.6. The van der Waals surface area contributed by atoms with Gasteiger partial charge in [-0.15, -0.1) is 0 Å². The first-order valence-electron chi connectivity index (χ1n) is 12.4. The summed E-state index contributed by atoms with van der Waals surface area (Å²) in [5.74, 6) is 0.591. The molecule has 2 fully saturated rings. The second-order valence-electron chi connectivity index (χ2n) is 9.95. The van der Waals surface area contributed by atoms with Crippen LogP contribution in [0, 0.1) is 5.82 Å². The van der Waals surface area contributed by atoms with Crippen LogP contribution in [0.1, 0.15) is 48.3 Å². The van der Waals surface area contributed by atoms with Crippen LogP contribution >= 0.6 is 0 Å². The van der Waals surface area contributed by atoms with Gasteiger partial charge in [-0.25, -0.2) is 35.5 Å². The molecule has 1 saturated carbocycles. The Morgan fingerprint density at radius 3 is 2.57 bits per heavy atom. The summed E-state index contributed by atoms with van der Waals surface area (Å²) in [6, 6.07) is 3.00. The number of fused-ring (bicyclic) bond motifs is 2. The summed E-state index contributed by atoms with van der Waals surface area (Å²) in [6.45, 7) is 1.42. The highest BCUT2D eigenvalue weighted by Gasteiger charge is 2.41. The number of piperidine rings is 1. The Bertz CT molecular complexity index is 1590. The molecule has 1 aromatic carbocycles. The molecule has 6 rings (SSSR count). The standard InChI is InChI=1S/C24H28FN5O5S2/c1-36(31,32)23-22-18(15-6-9-29(10-7-15)37(33,34)16-2-3-16)12-26-24(30(22)14-28-23)27-13-19-17-8-11-35-21(17)5-4-20(19)25/h4-5,12,14-16H,2-3,6-11,13H2,1H3,(H,26,27). The monoisotopic (exact) mass is 549 g/mol. The van der Waals surface area contributed by atoms with Gasteiger partial charge in [0.25, 0.3) is 0 Å². The van der Waals surface area contributed by atoms with Gasteiger partial charge in [-0.05, 0) is 43.7 Å². The van der Waals surface area contributed by atoms with Crippen LogP contribution in [0.25, 0.3) is 5.52 Å². The van der Waals surface area contributed by atoms with Gasteiger partial charge < -0.3 is 10.1 Å². The number of benzene rings is 1. The molecule has 0 amide bonds. The van der Waals surface area contributed by atoms with Gasteiger partial charge in [0.05, 0.1) is 17.4 Å². The first-order chi connectivity index (χ1) is 17.6. The van der Waals surface area contributed by atoms with E-state index in [1.165, 1.54) is 12.4 Å². The number of aromatic nitrogens is 3. The second kappa shape index (κ2) is 8.91. The first-order valence-corrected chi connectivity index (χ1v) is 15.8. The van der Waals surface area contributed by atoms with E-state index in [1.54, 1.807) is 21.0 Å². The molecule has 2 aliphatic heterocycles. The van der Waals surface area contributed by atoms with Crippen LogP contribution in [0.2, 0.25) is 0 Å². The molecule has 37 heavy (non-hydrogen) atoms. The van der Waals surface area contributed by atoms with Crippen LogP contribution in [-0.2, 0) is 32.8 Å². The van der Waals surface area contributed by atoms with E-state index in [2.05, 4.69) is 15.3 Å². The van der Waals surface area contributed by atoms with E-state index in [-0.39, 0.29) is 28.6 Å². The molecular formula is C24H28FN5O5S2. The molecule has 3 aromatic rings. The lowest BCUT2D eigenvalue weighted by Crippen LogP contribution is -2.39. The van der Waals surface area contributed by atoms with E-state index in [1.807, 2.05) is 0 Å². The van der Waals surface area contributed by atoms with E-state index in [4.69, 9.17) is 4.74 Å². The molecule has 0 spiro atoms. The smallest absolute Gasteiger partial charge is 0.216 e. The minimum atomic E-state index is -3.65. The Balaban J connectivity index is 1.32. The minimum absolute atomic E-state index is 0.0545. The summed E-state index contributed by atoms with van der Waals surface area (Å²) in [4.78, 5) is 8.75. The van der Waals surface area contributed by atoms with Crippen molar-refractivity contribution in [1.29, 1.82) is 0 Å². The van der Waals surface area contributed by atoms with Gasteiger partial charge in [0.2, 0.25) is 16.0 Å². The fraction of sp³-hybridized carbons (Fsp3) is 0.500. The highest BCUT2D eigenvalue weighted by Crippen LogP contribution is 2.38. The fourth-order valence-electron chi connectivity index (χ4n) is 5.38. The van der Waals surface area contributed by atoms with Gasteiger partial charge in [0.1, 0.15) is 17.9 Å². The molecule has 1 saturated heterocycles. The molecule has 3 aliphatic rings. The highest BCUT2D eigenvalue weighted by molar-refractivity contribution is 7.90. The highest BCUT2D eigenvalue weighted by atomic mass is 32.2.